The van der Waals surface area contributed by atoms with Gasteiger partial charge in [-0.2, -0.15) is 0 Å². The minimum atomic E-state index is -4.76. The van der Waals surface area contributed by atoms with Crippen molar-refractivity contribution in [3.05, 3.63) is 30.9 Å². The van der Waals surface area contributed by atoms with Crippen LogP contribution < -0.4 is 15.0 Å². The number of carbonyl (C=O) groups is 1. The second-order valence-corrected chi connectivity index (χ2v) is 6.61. The topological polar surface area (TPSA) is 57.7 Å². The Bertz CT molecular complexity index is 783. The highest BCUT2D eigenvalue weighted by atomic mass is 35.5. The molecule has 0 unspecified atom stereocenters. The second-order valence-electron chi connectivity index (χ2n) is 5.60. The van der Waals surface area contributed by atoms with Crippen LogP contribution in [-0.4, -0.2) is 56.0 Å². The van der Waals surface area contributed by atoms with Crippen molar-refractivity contribution in [3.63, 3.8) is 0 Å². The Balaban J connectivity index is 0.00000364. The van der Waals surface area contributed by atoms with Gasteiger partial charge in [0.2, 0.25) is 0 Å². The van der Waals surface area contributed by atoms with Crippen molar-refractivity contribution >= 4 is 45.1 Å². The van der Waals surface area contributed by atoms with Crippen molar-refractivity contribution in [2.24, 2.45) is 0 Å². The Morgan fingerprint density at radius 2 is 2.07 bits per heavy atom. The SMILES string of the molecule is C=CCNC(=O)N(CCN(C)C)c1nc2ccc(OC(F)(F)F)cc2s1.Cl. The number of thiazole rings is 1. The van der Waals surface area contributed by atoms with Crippen LogP contribution in [0.1, 0.15) is 0 Å². The van der Waals surface area contributed by atoms with Crippen LogP contribution in [-0.2, 0) is 0 Å². The van der Waals surface area contributed by atoms with Crippen molar-refractivity contribution < 1.29 is 22.7 Å². The summed E-state index contributed by atoms with van der Waals surface area (Å²) >= 11 is 1.12. The molecule has 0 atom stereocenters. The average Bonchev–Trinajstić information content (AvgIpc) is 2.94. The number of alkyl halides is 3. The summed E-state index contributed by atoms with van der Waals surface area (Å²) in [5.74, 6) is -0.323. The zero-order valence-electron chi connectivity index (χ0n) is 14.7. The molecule has 6 nitrogen and oxygen atoms in total. The third kappa shape index (κ3) is 6.89. The van der Waals surface area contributed by atoms with Crippen molar-refractivity contribution in [2.75, 3.05) is 38.6 Å². The maximum Gasteiger partial charge on any atom is 0.573 e. The predicted octanol–water partition coefficient (Wildman–Crippen LogP) is 3.88. The molecule has 1 heterocycles. The molecule has 0 aliphatic heterocycles. The highest BCUT2D eigenvalue weighted by Gasteiger charge is 2.31. The molecule has 1 N–H and O–H groups in total. The summed E-state index contributed by atoms with van der Waals surface area (Å²) in [6.07, 6.45) is -3.20. The Morgan fingerprint density at radius 3 is 2.67 bits per heavy atom. The molecule has 150 valence electrons. The van der Waals surface area contributed by atoms with E-state index in [1.54, 1.807) is 6.08 Å². The fourth-order valence-electron chi connectivity index (χ4n) is 2.04. The molecule has 0 radical (unpaired) electrons. The Morgan fingerprint density at radius 1 is 1.37 bits per heavy atom. The summed E-state index contributed by atoms with van der Waals surface area (Å²) in [6.45, 7) is 4.82. The molecule has 1 aromatic carbocycles. The molecule has 2 amide bonds. The molecule has 0 saturated carbocycles. The van der Waals surface area contributed by atoms with Crippen molar-refractivity contribution in [1.82, 2.24) is 15.2 Å². The van der Waals surface area contributed by atoms with Gasteiger partial charge >= 0.3 is 12.4 Å². The fourth-order valence-corrected chi connectivity index (χ4v) is 3.06. The standard InChI is InChI=1S/C16H19F3N4O2S.ClH/c1-4-7-20-14(24)23(9-8-22(2)3)15-21-12-6-5-11(10-13(12)26-15)25-16(17,18)19;/h4-6,10H,1,7-9H2,2-3H3,(H,20,24);1H. The average molecular weight is 425 g/mol. The van der Waals surface area contributed by atoms with Crippen LogP contribution in [0.25, 0.3) is 10.2 Å². The summed E-state index contributed by atoms with van der Waals surface area (Å²) < 4.78 is 41.5. The monoisotopic (exact) mass is 424 g/mol. The normalized spacial score (nSPS) is 11.2. The Kier molecular flexibility index (Phi) is 8.32. The molecule has 1 aromatic heterocycles. The lowest BCUT2D eigenvalue weighted by Gasteiger charge is -2.21. The fraction of sp³-hybridized carbons (Fsp3) is 0.375. The molecule has 11 heteroatoms. The molecule has 0 bridgehead atoms. The number of fused-ring (bicyclic) bond motifs is 1. The summed E-state index contributed by atoms with van der Waals surface area (Å²) in [7, 11) is 3.75. The Hall–Kier alpha value is -2.04. The number of benzene rings is 1. The predicted molar refractivity (Wildman–Crippen MR) is 103 cm³/mol. The van der Waals surface area contributed by atoms with Gasteiger partial charge in [-0.3, -0.25) is 4.90 Å². The number of rotatable bonds is 7. The lowest BCUT2D eigenvalue weighted by atomic mass is 10.3. The molecule has 0 aliphatic carbocycles. The van der Waals surface area contributed by atoms with Gasteiger partial charge in [-0.1, -0.05) is 17.4 Å². The molecular formula is C16H20ClF3N4O2S. The maximum absolute atomic E-state index is 12.4. The molecule has 2 aromatic rings. The first-order valence-corrected chi connectivity index (χ1v) is 8.48. The number of nitrogens with zero attached hydrogens (tertiary/aromatic N) is 3. The molecule has 0 aliphatic rings. The molecule has 0 spiro atoms. The van der Waals surface area contributed by atoms with E-state index in [1.807, 2.05) is 19.0 Å². The van der Waals surface area contributed by atoms with Crippen LogP contribution in [0.3, 0.4) is 0 Å². The van der Waals surface area contributed by atoms with Gasteiger partial charge in [0, 0.05) is 25.7 Å². The van der Waals surface area contributed by atoms with E-state index in [-0.39, 0.29) is 24.2 Å². The second kappa shape index (κ2) is 9.77. The van der Waals surface area contributed by atoms with Crippen LogP contribution in [0, 0.1) is 0 Å². The van der Waals surface area contributed by atoms with E-state index in [4.69, 9.17) is 0 Å². The minimum absolute atomic E-state index is 0. The molecule has 2 rings (SSSR count). The van der Waals surface area contributed by atoms with E-state index in [0.717, 1.165) is 11.3 Å². The van der Waals surface area contributed by atoms with Crippen LogP contribution in [0.15, 0.2) is 30.9 Å². The Labute approximate surface area is 165 Å². The van der Waals surface area contributed by atoms with Gasteiger partial charge < -0.3 is 15.0 Å². The van der Waals surface area contributed by atoms with Gasteiger partial charge in [0.05, 0.1) is 10.2 Å². The lowest BCUT2D eigenvalue weighted by Crippen LogP contribution is -2.43. The van der Waals surface area contributed by atoms with Gasteiger partial charge in [0.15, 0.2) is 5.13 Å². The van der Waals surface area contributed by atoms with E-state index < -0.39 is 6.36 Å². The van der Waals surface area contributed by atoms with Crippen molar-refractivity contribution in [1.29, 1.82) is 0 Å². The van der Waals surface area contributed by atoms with Crippen LogP contribution in [0.2, 0.25) is 0 Å². The molecule has 0 saturated heterocycles. The van der Waals surface area contributed by atoms with Crippen molar-refractivity contribution in [2.45, 2.75) is 6.36 Å². The largest absolute Gasteiger partial charge is 0.573 e. The van der Waals surface area contributed by atoms with E-state index in [1.165, 1.54) is 23.1 Å². The summed E-state index contributed by atoms with van der Waals surface area (Å²) in [6, 6.07) is 3.54. The lowest BCUT2D eigenvalue weighted by molar-refractivity contribution is -0.274. The number of hydrogen-bond acceptors (Lipinski definition) is 5. The van der Waals surface area contributed by atoms with E-state index >= 15 is 0 Å². The third-order valence-corrected chi connectivity index (χ3v) is 4.27. The molecule has 27 heavy (non-hydrogen) atoms. The van der Waals surface area contributed by atoms with Gasteiger partial charge in [0.25, 0.3) is 0 Å². The van der Waals surface area contributed by atoms with Crippen LogP contribution in [0.4, 0.5) is 23.1 Å². The summed E-state index contributed by atoms with van der Waals surface area (Å²) in [4.78, 5) is 20.1. The number of aromatic nitrogens is 1. The number of nitrogens with one attached hydrogen (secondary N) is 1. The molecular weight excluding hydrogens is 405 g/mol. The highest BCUT2D eigenvalue weighted by molar-refractivity contribution is 7.22. The van der Waals surface area contributed by atoms with E-state index in [2.05, 4.69) is 21.6 Å². The third-order valence-electron chi connectivity index (χ3n) is 3.23. The number of halogens is 4. The van der Waals surface area contributed by atoms with Gasteiger partial charge in [-0.15, -0.1) is 32.2 Å². The number of hydrogen-bond donors (Lipinski definition) is 1. The number of anilines is 1. The zero-order chi connectivity index (χ0) is 19.3. The van der Waals surface area contributed by atoms with E-state index in [0.29, 0.717) is 35.0 Å². The van der Waals surface area contributed by atoms with Crippen molar-refractivity contribution in [3.8, 4) is 5.75 Å². The number of urea groups is 1. The summed E-state index contributed by atoms with van der Waals surface area (Å²) in [5, 5.41) is 3.08. The van der Waals surface area contributed by atoms with Gasteiger partial charge in [0.1, 0.15) is 5.75 Å². The number of ether oxygens (including phenoxy) is 1. The van der Waals surface area contributed by atoms with Crippen LogP contribution >= 0.6 is 23.7 Å². The smallest absolute Gasteiger partial charge is 0.406 e. The minimum Gasteiger partial charge on any atom is -0.406 e. The first kappa shape index (κ1) is 23.0. The summed E-state index contributed by atoms with van der Waals surface area (Å²) in [5.41, 5.74) is 0.492. The first-order valence-electron chi connectivity index (χ1n) is 7.67. The number of amides is 2. The van der Waals surface area contributed by atoms with Crippen LogP contribution in [0.5, 0.6) is 5.75 Å². The quantitative estimate of drug-likeness (QED) is 0.685. The number of likely N-dealkylation sites (N-methyl/N-ethyl adjacent to an activating group) is 1. The van der Waals surface area contributed by atoms with Gasteiger partial charge in [-0.25, -0.2) is 9.78 Å². The first-order chi connectivity index (χ1) is 12.2. The highest BCUT2D eigenvalue weighted by Crippen LogP contribution is 2.33. The van der Waals surface area contributed by atoms with E-state index in [9.17, 15) is 18.0 Å². The van der Waals surface area contributed by atoms with Gasteiger partial charge in [-0.05, 0) is 26.2 Å². The number of carbonyl (C=O) groups excluding carboxylic acids is 1. The zero-order valence-corrected chi connectivity index (χ0v) is 16.4. The molecule has 0 fully saturated rings. The maximum atomic E-state index is 12.4.